The summed E-state index contributed by atoms with van der Waals surface area (Å²) in [5, 5.41) is 0. The predicted molar refractivity (Wildman–Crippen MR) is 93.8 cm³/mol. The van der Waals surface area contributed by atoms with Gasteiger partial charge in [-0.15, -0.1) is 0 Å². The summed E-state index contributed by atoms with van der Waals surface area (Å²) in [6, 6.07) is 3.25. The van der Waals surface area contributed by atoms with Crippen molar-refractivity contribution in [2.24, 2.45) is 0 Å². The Hall–Kier alpha value is -2.76. The maximum atomic E-state index is 12.3. The van der Waals surface area contributed by atoms with Crippen LogP contribution < -0.4 is 5.56 Å². The number of fused-ring (bicyclic) bond motifs is 1. The van der Waals surface area contributed by atoms with Crippen molar-refractivity contribution in [2.75, 3.05) is 0 Å². The fourth-order valence-electron chi connectivity index (χ4n) is 2.57. The first-order valence-corrected chi connectivity index (χ1v) is 8.29. The largest absolute Gasteiger partial charge is 0.313 e. The van der Waals surface area contributed by atoms with Crippen LogP contribution in [-0.2, 0) is 6.54 Å². The Labute approximate surface area is 140 Å². The molecule has 0 aliphatic heterocycles. The van der Waals surface area contributed by atoms with E-state index in [2.05, 4.69) is 34.0 Å². The molecule has 0 amide bonds. The van der Waals surface area contributed by atoms with E-state index in [4.69, 9.17) is 0 Å². The van der Waals surface area contributed by atoms with Gasteiger partial charge in [-0.2, -0.15) is 0 Å². The van der Waals surface area contributed by atoms with Gasteiger partial charge in [-0.3, -0.25) is 9.20 Å². The molecule has 0 saturated heterocycles. The predicted octanol–water partition coefficient (Wildman–Crippen LogP) is 3.09. The minimum Gasteiger partial charge on any atom is -0.313 e. The van der Waals surface area contributed by atoms with E-state index in [-0.39, 0.29) is 5.56 Å². The summed E-state index contributed by atoms with van der Waals surface area (Å²) in [6.45, 7) is 2.90. The van der Waals surface area contributed by atoms with Crippen LogP contribution in [0.2, 0.25) is 0 Å². The molecule has 0 radical (unpaired) electrons. The van der Waals surface area contributed by atoms with Gasteiger partial charge in [0.2, 0.25) is 5.78 Å². The van der Waals surface area contributed by atoms with Gasteiger partial charge in [0.25, 0.3) is 5.56 Å². The maximum Gasteiger partial charge on any atom is 0.259 e. The zero-order chi connectivity index (χ0) is 16.8. The van der Waals surface area contributed by atoms with Gasteiger partial charge in [-0.25, -0.2) is 15.0 Å². The van der Waals surface area contributed by atoms with E-state index >= 15 is 0 Å². The lowest BCUT2D eigenvalue weighted by atomic mass is 10.2. The Kier molecular flexibility index (Phi) is 5.15. The van der Waals surface area contributed by atoms with Crippen molar-refractivity contribution < 1.29 is 0 Å². The number of unbranched alkanes of at least 4 members (excludes halogenated alkanes) is 3. The highest BCUT2D eigenvalue weighted by molar-refractivity contribution is 5.55. The fourth-order valence-corrected chi connectivity index (χ4v) is 2.57. The molecule has 0 unspecified atom stereocenters. The molecule has 0 bridgehead atoms. The number of imidazole rings is 1. The molecule has 6 nitrogen and oxygen atoms in total. The first kappa shape index (κ1) is 16.1. The van der Waals surface area contributed by atoms with Crippen molar-refractivity contribution in [3.63, 3.8) is 0 Å². The minimum absolute atomic E-state index is 0.112. The van der Waals surface area contributed by atoms with Crippen molar-refractivity contribution in [3.05, 3.63) is 59.6 Å². The van der Waals surface area contributed by atoms with Gasteiger partial charge in [-0.05, 0) is 18.9 Å². The Bertz CT molecular complexity index is 879. The second-order valence-corrected chi connectivity index (χ2v) is 5.66. The Morgan fingerprint density at radius 2 is 2.08 bits per heavy atom. The number of hydrogen-bond donors (Lipinski definition) is 0. The normalized spacial score (nSPS) is 11.5. The molecule has 0 N–H and O–H groups in total. The van der Waals surface area contributed by atoms with Crippen molar-refractivity contribution in [1.29, 1.82) is 0 Å². The van der Waals surface area contributed by atoms with Gasteiger partial charge >= 0.3 is 0 Å². The van der Waals surface area contributed by atoms with Crippen LogP contribution in [0.4, 0.5) is 0 Å². The summed E-state index contributed by atoms with van der Waals surface area (Å²) in [5.41, 5.74) is 1.10. The molecule has 0 aliphatic rings. The van der Waals surface area contributed by atoms with Gasteiger partial charge < -0.3 is 4.57 Å². The molecule has 3 aromatic heterocycles. The number of hydrogen-bond acceptors (Lipinski definition) is 4. The Morgan fingerprint density at radius 1 is 1.17 bits per heavy atom. The minimum atomic E-state index is -0.112. The van der Waals surface area contributed by atoms with Crippen LogP contribution in [0.1, 0.15) is 32.6 Å². The second-order valence-electron chi connectivity index (χ2n) is 5.66. The van der Waals surface area contributed by atoms with Crippen molar-refractivity contribution in [2.45, 2.75) is 39.2 Å². The van der Waals surface area contributed by atoms with Crippen LogP contribution in [0.25, 0.3) is 17.2 Å². The summed E-state index contributed by atoms with van der Waals surface area (Å²) in [5.74, 6) is 0.620. The van der Waals surface area contributed by atoms with Crippen LogP contribution in [-0.4, -0.2) is 23.9 Å². The molecule has 3 heterocycles. The lowest BCUT2D eigenvalue weighted by molar-refractivity contribution is 0.726. The molecule has 3 aromatic rings. The summed E-state index contributed by atoms with van der Waals surface area (Å²) in [4.78, 5) is 24.9. The fraction of sp³-hybridized carbons (Fsp3) is 0.333. The topological polar surface area (TPSA) is 65.1 Å². The third-order valence-electron chi connectivity index (χ3n) is 3.87. The number of rotatable bonds is 7. The molecule has 0 atom stereocenters. The van der Waals surface area contributed by atoms with Gasteiger partial charge in [0.15, 0.2) is 0 Å². The molecule has 0 saturated carbocycles. The molecule has 0 fully saturated rings. The third-order valence-corrected chi connectivity index (χ3v) is 3.87. The van der Waals surface area contributed by atoms with Crippen molar-refractivity contribution in [1.82, 2.24) is 23.9 Å². The zero-order valence-corrected chi connectivity index (χ0v) is 13.8. The van der Waals surface area contributed by atoms with Gasteiger partial charge in [0.05, 0.1) is 11.4 Å². The highest BCUT2D eigenvalue weighted by Gasteiger charge is 2.08. The molecule has 6 heteroatoms. The lowest BCUT2D eigenvalue weighted by Gasteiger charge is -2.03. The van der Waals surface area contributed by atoms with E-state index in [0.717, 1.165) is 6.42 Å². The van der Waals surface area contributed by atoms with Crippen LogP contribution in [0, 0.1) is 0 Å². The number of nitrogens with zero attached hydrogens (tertiary/aromatic N) is 5. The molecule has 0 aliphatic carbocycles. The molecule has 0 spiro atoms. The van der Waals surface area contributed by atoms with Crippen molar-refractivity contribution in [3.8, 4) is 11.4 Å². The molecule has 24 heavy (non-hydrogen) atoms. The van der Waals surface area contributed by atoms with Crippen molar-refractivity contribution >= 4 is 5.78 Å². The van der Waals surface area contributed by atoms with E-state index in [9.17, 15) is 4.79 Å². The second kappa shape index (κ2) is 7.68. The van der Waals surface area contributed by atoms with E-state index < -0.39 is 0 Å². The van der Waals surface area contributed by atoms with Gasteiger partial charge in [0.1, 0.15) is 6.33 Å². The Morgan fingerprint density at radius 3 is 2.88 bits per heavy atom. The van der Waals surface area contributed by atoms with E-state index in [0.29, 0.717) is 23.7 Å². The average Bonchev–Trinajstić information content (AvgIpc) is 3.02. The number of allylic oxidation sites excluding steroid dienone is 2. The molecule has 0 aromatic carbocycles. The average molecular weight is 323 g/mol. The van der Waals surface area contributed by atoms with Crippen LogP contribution in [0.5, 0.6) is 0 Å². The number of aromatic nitrogens is 5. The highest BCUT2D eigenvalue weighted by atomic mass is 16.1. The van der Waals surface area contributed by atoms with E-state index in [1.54, 1.807) is 22.9 Å². The SMILES string of the molecule is CCCCCC=CCn1ccn2c(=O)cc(-c3ccncn3)nc12. The first-order valence-electron chi connectivity index (χ1n) is 8.29. The van der Waals surface area contributed by atoms with Gasteiger partial charge in [-0.1, -0.05) is 31.9 Å². The van der Waals surface area contributed by atoms with Crippen LogP contribution >= 0.6 is 0 Å². The molecule has 3 rings (SSSR count). The molecular formula is C18H21N5O. The zero-order valence-electron chi connectivity index (χ0n) is 13.8. The van der Waals surface area contributed by atoms with Crippen LogP contribution in [0.15, 0.2) is 54.0 Å². The smallest absolute Gasteiger partial charge is 0.259 e. The summed E-state index contributed by atoms with van der Waals surface area (Å²) < 4.78 is 3.51. The summed E-state index contributed by atoms with van der Waals surface area (Å²) in [7, 11) is 0. The quantitative estimate of drug-likeness (QED) is 0.495. The standard InChI is InChI=1S/C18H21N5O/c1-2-3-4-5-6-7-10-22-11-12-23-17(24)13-16(21-18(22)23)15-8-9-19-14-20-15/h6-9,11-14H,2-5,10H2,1H3. The molecular weight excluding hydrogens is 302 g/mol. The highest BCUT2D eigenvalue weighted by Crippen LogP contribution is 2.12. The van der Waals surface area contributed by atoms with Gasteiger partial charge in [0, 0.05) is 31.2 Å². The monoisotopic (exact) mass is 323 g/mol. The first-order chi connectivity index (χ1) is 11.8. The third kappa shape index (κ3) is 3.59. The van der Waals surface area contributed by atoms with E-state index in [1.807, 2.05) is 10.8 Å². The lowest BCUT2D eigenvalue weighted by Crippen LogP contribution is -2.14. The maximum absolute atomic E-state index is 12.3. The Balaban J connectivity index is 1.85. The summed E-state index contributed by atoms with van der Waals surface area (Å²) >= 11 is 0. The summed E-state index contributed by atoms with van der Waals surface area (Å²) in [6.07, 6.45) is 15.8. The van der Waals surface area contributed by atoms with E-state index in [1.165, 1.54) is 31.7 Å². The molecule has 124 valence electrons. The van der Waals surface area contributed by atoms with Crippen LogP contribution in [0.3, 0.4) is 0 Å².